The minimum absolute atomic E-state index is 0.140. The molecule has 4 aliphatic carbocycles. The molecule has 11 aromatic rings. The van der Waals surface area contributed by atoms with Gasteiger partial charge in [0.25, 0.3) is 0 Å². The van der Waals surface area contributed by atoms with Crippen LogP contribution in [0.3, 0.4) is 0 Å². The third-order valence-corrected chi connectivity index (χ3v) is 19.2. The lowest BCUT2D eigenvalue weighted by molar-refractivity contribution is 0.415. The van der Waals surface area contributed by atoms with Gasteiger partial charge in [0.1, 0.15) is 0 Å². The molecule has 11 aromatic carbocycles. The smallest absolute Gasteiger partial charge is 0.0540 e. The Morgan fingerprint density at radius 3 is 1.43 bits per heavy atom. The molecule has 2 atom stereocenters. The monoisotopic (exact) mass is 1040 g/mol. The summed E-state index contributed by atoms with van der Waals surface area (Å²) in [5, 5.41) is 5.20. The minimum Gasteiger partial charge on any atom is -0.310 e. The highest BCUT2D eigenvalue weighted by molar-refractivity contribution is 6.03. The Bertz CT molecular complexity index is 4510. The van der Waals surface area contributed by atoms with E-state index in [1.807, 2.05) is 0 Å². The lowest BCUT2D eigenvalue weighted by atomic mass is 9.68. The van der Waals surface area contributed by atoms with Crippen molar-refractivity contribution in [2.45, 2.75) is 77.6 Å². The van der Waals surface area contributed by atoms with Crippen molar-refractivity contribution in [1.29, 1.82) is 0 Å². The Hall–Kier alpha value is -8.98. The predicted octanol–water partition coefficient (Wildman–Crippen LogP) is 19.6. The summed E-state index contributed by atoms with van der Waals surface area (Å²) in [6.07, 6.45) is 5.27. The Balaban J connectivity index is 0.834. The van der Waals surface area contributed by atoms with Gasteiger partial charge in [-0.2, -0.15) is 0 Å². The fraction of sp³-hybridized carbons (Fsp3) is 0.165. The van der Waals surface area contributed by atoms with Gasteiger partial charge in [-0.1, -0.05) is 224 Å². The number of benzene rings is 11. The summed E-state index contributed by atoms with van der Waals surface area (Å²) >= 11 is 0. The molecule has 0 amide bonds. The highest BCUT2D eigenvalue weighted by Gasteiger charge is 2.54. The van der Waals surface area contributed by atoms with E-state index in [-0.39, 0.29) is 28.1 Å². The lowest BCUT2D eigenvalue weighted by Crippen LogP contribution is -2.36. The molecule has 392 valence electrons. The summed E-state index contributed by atoms with van der Waals surface area (Å²) in [7, 11) is 0. The zero-order valence-electron chi connectivity index (χ0n) is 47.6. The number of nitrogens with zero attached hydrogens (tertiary/aromatic N) is 2. The van der Waals surface area contributed by atoms with Crippen molar-refractivity contribution in [3.05, 3.63) is 285 Å². The first-order chi connectivity index (χ1) is 39.3. The van der Waals surface area contributed by atoms with Crippen molar-refractivity contribution in [2.75, 3.05) is 9.80 Å². The minimum atomic E-state index is -0.266. The molecule has 0 radical (unpaired) electrons. The van der Waals surface area contributed by atoms with Crippen LogP contribution < -0.4 is 20.2 Å². The second-order valence-electron chi connectivity index (χ2n) is 24.9. The van der Waals surface area contributed by atoms with Crippen LogP contribution in [0, 0.1) is 19.8 Å². The van der Waals surface area contributed by atoms with Crippen LogP contribution in [0.15, 0.2) is 231 Å². The molecule has 0 bridgehead atoms. The maximum Gasteiger partial charge on any atom is 0.0540 e. The Kier molecular flexibility index (Phi) is 10.9. The Morgan fingerprint density at radius 2 is 0.840 bits per heavy atom. The first kappa shape index (κ1) is 49.1. The number of rotatable bonds is 8. The molecule has 0 spiro atoms. The van der Waals surface area contributed by atoms with Gasteiger partial charge in [-0.3, -0.25) is 0 Å². The van der Waals surface area contributed by atoms with Crippen LogP contribution in [0.4, 0.5) is 34.1 Å². The average molecular weight is 1040 g/mol. The van der Waals surface area contributed by atoms with Crippen LogP contribution in [-0.4, -0.2) is 0 Å². The largest absolute Gasteiger partial charge is 0.310 e. The van der Waals surface area contributed by atoms with Crippen molar-refractivity contribution in [2.24, 2.45) is 5.92 Å². The fourth-order valence-electron chi connectivity index (χ4n) is 15.8. The van der Waals surface area contributed by atoms with E-state index in [0.717, 1.165) is 34.1 Å². The molecule has 0 saturated carbocycles. The molecule has 81 heavy (non-hydrogen) atoms. The van der Waals surface area contributed by atoms with Gasteiger partial charge in [0.05, 0.1) is 11.4 Å². The standard InChI is InChI=1S/C79H66N2/c1-49-43-65-64-44-50(2)71-66-47-53-37-39-58(80(56-29-17-11-18-30-56)68-35-23-21-33-60(68)51-25-13-9-14-26-51)46-55(53)48-67(66)77(3,4)75(71)73(64)79(7,8)74(65)76-70(49)63-41-38-54-45-59(40-42-62(54)72(63)78(76,5)6)81(57-31-19-12-20-32-57)69-36-24-22-34-61(69)52-27-15-10-16-28-52/h9-48,66-67H,1-8H3. The highest BCUT2D eigenvalue weighted by atomic mass is 15.1. The number of anilines is 6. The summed E-state index contributed by atoms with van der Waals surface area (Å²) < 4.78 is 0. The van der Waals surface area contributed by atoms with Crippen LogP contribution in [-0.2, 0) is 16.2 Å². The SMILES string of the molecule is Cc1cc2c(c3c1-c1ccc4cc(N(c5ccccc5)c5ccccc5-c5ccccc5)ccc4c1C3(C)C)C(C)(C)c1c-2cc(C)c2c1C(C)(C)C1C=c3cc(N(c4ccccc4)c4ccccc4-c4ccccc4)ccc3=CC21. The fourth-order valence-corrected chi connectivity index (χ4v) is 15.8. The molecule has 0 N–H and O–H groups in total. The molecule has 0 fully saturated rings. The molecule has 0 heterocycles. The average Bonchev–Trinajstić information content (AvgIpc) is 1.98. The topological polar surface area (TPSA) is 6.48 Å². The molecule has 4 aliphatic rings. The van der Waals surface area contributed by atoms with Crippen molar-refractivity contribution >= 4 is 57.0 Å². The van der Waals surface area contributed by atoms with Gasteiger partial charge in [0.15, 0.2) is 0 Å². The van der Waals surface area contributed by atoms with Crippen LogP contribution in [0.1, 0.15) is 92.0 Å². The van der Waals surface area contributed by atoms with Crippen LogP contribution in [0.2, 0.25) is 0 Å². The maximum absolute atomic E-state index is 2.65. The van der Waals surface area contributed by atoms with Crippen LogP contribution in [0.5, 0.6) is 0 Å². The summed E-state index contributed by atoms with van der Waals surface area (Å²) in [4.78, 5) is 4.88. The van der Waals surface area contributed by atoms with E-state index < -0.39 is 0 Å². The molecular weight excluding hydrogens is 977 g/mol. The zero-order chi connectivity index (χ0) is 55.1. The molecule has 15 rings (SSSR count). The van der Waals surface area contributed by atoms with E-state index in [1.54, 1.807) is 5.56 Å². The van der Waals surface area contributed by atoms with Crippen LogP contribution in [0.25, 0.3) is 67.4 Å². The van der Waals surface area contributed by atoms with Crippen molar-refractivity contribution < 1.29 is 0 Å². The molecule has 2 heteroatoms. The summed E-state index contributed by atoms with van der Waals surface area (Å²) in [5.74, 6) is 0.562. The van der Waals surface area contributed by atoms with E-state index in [4.69, 9.17) is 0 Å². The van der Waals surface area contributed by atoms with Gasteiger partial charge in [0.2, 0.25) is 0 Å². The number of para-hydroxylation sites is 4. The third kappa shape index (κ3) is 7.25. The van der Waals surface area contributed by atoms with Gasteiger partial charge in [0, 0.05) is 50.6 Å². The first-order valence-electron chi connectivity index (χ1n) is 29.1. The van der Waals surface area contributed by atoms with Gasteiger partial charge >= 0.3 is 0 Å². The van der Waals surface area contributed by atoms with E-state index in [1.165, 1.54) is 105 Å². The highest BCUT2D eigenvalue weighted by Crippen LogP contribution is 2.66. The summed E-state index contributed by atoms with van der Waals surface area (Å²) in [5.41, 5.74) is 28.5. The van der Waals surface area contributed by atoms with Crippen LogP contribution >= 0.6 is 0 Å². The van der Waals surface area contributed by atoms with E-state index in [0.29, 0.717) is 0 Å². The van der Waals surface area contributed by atoms with Gasteiger partial charge in [-0.05, 0) is 185 Å². The maximum atomic E-state index is 2.65. The van der Waals surface area contributed by atoms with Crippen molar-refractivity contribution in [3.8, 4) is 44.5 Å². The summed E-state index contributed by atoms with van der Waals surface area (Å²) in [6, 6.07) is 85.3. The predicted molar refractivity (Wildman–Crippen MR) is 343 cm³/mol. The molecular formula is C79H66N2. The first-order valence-corrected chi connectivity index (χ1v) is 29.1. The normalized spacial score (nSPS) is 16.9. The van der Waals surface area contributed by atoms with Gasteiger partial charge < -0.3 is 9.80 Å². The summed E-state index contributed by atoms with van der Waals surface area (Å²) in [6.45, 7) is 20.0. The number of hydrogen-bond acceptors (Lipinski definition) is 2. The second kappa shape index (κ2) is 18.0. The second-order valence-corrected chi connectivity index (χ2v) is 24.9. The Labute approximate surface area is 477 Å². The lowest BCUT2D eigenvalue weighted by Gasteiger charge is -2.35. The van der Waals surface area contributed by atoms with Gasteiger partial charge in [-0.25, -0.2) is 0 Å². The number of aryl methyl sites for hydroxylation is 2. The van der Waals surface area contributed by atoms with E-state index >= 15 is 0 Å². The number of hydrogen-bond donors (Lipinski definition) is 0. The van der Waals surface area contributed by atoms with Crippen molar-refractivity contribution in [1.82, 2.24) is 0 Å². The van der Waals surface area contributed by atoms with Crippen molar-refractivity contribution in [3.63, 3.8) is 0 Å². The van der Waals surface area contributed by atoms with E-state index in [9.17, 15) is 0 Å². The van der Waals surface area contributed by atoms with E-state index in [2.05, 4.69) is 308 Å². The molecule has 0 aromatic heterocycles. The molecule has 0 aliphatic heterocycles. The molecule has 2 unspecified atom stereocenters. The van der Waals surface area contributed by atoms with Gasteiger partial charge in [-0.15, -0.1) is 0 Å². The molecule has 2 nitrogen and oxygen atoms in total. The number of fused-ring (bicyclic) bond motifs is 14. The Morgan fingerprint density at radius 1 is 0.346 bits per heavy atom. The quantitative estimate of drug-likeness (QED) is 0.150. The molecule has 0 saturated heterocycles. The third-order valence-electron chi connectivity index (χ3n) is 19.2. The zero-order valence-corrected chi connectivity index (χ0v) is 47.6.